The molecule has 7 heteroatoms. The Hall–Kier alpha value is -2.28. The molecule has 21 heavy (non-hydrogen) atoms. The SMILES string of the molecule is NCCCCNC(=O)Nc1cccc(N2CCOC2=O)c1. The van der Waals surface area contributed by atoms with Crippen LogP contribution in [0.25, 0.3) is 0 Å². The van der Waals surface area contributed by atoms with Crippen LogP contribution in [0.15, 0.2) is 24.3 Å². The van der Waals surface area contributed by atoms with Crippen LogP contribution in [0, 0.1) is 0 Å². The molecule has 4 N–H and O–H groups in total. The van der Waals surface area contributed by atoms with Crippen molar-refractivity contribution in [3.05, 3.63) is 24.3 Å². The molecular formula is C14H20N4O3. The van der Waals surface area contributed by atoms with Gasteiger partial charge >= 0.3 is 12.1 Å². The zero-order valence-electron chi connectivity index (χ0n) is 11.8. The van der Waals surface area contributed by atoms with E-state index in [9.17, 15) is 9.59 Å². The van der Waals surface area contributed by atoms with Crippen molar-refractivity contribution in [1.29, 1.82) is 0 Å². The number of nitrogens with zero attached hydrogens (tertiary/aromatic N) is 1. The van der Waals surface area contributed by atoms with Gasteiger partial charge in [0.1, 0.15) is 6.61 Å². The van der Waals surface area contributed by atoms with Crippen LogP contribution in [-0.2, 0) is 4.74 Å². The number of nitrogens with one attached hydrogen (secondary N) is 2. The minimum atomic E-state index is -0.363. The van der Waals surface area contributed by atoms with Gasteiger partial charge < -0.3 is 21.1 Å². The highest BCUT2D eigenvalue weighted by molar-refractivity contribution is 5.93. The molecular weight excluding hydrogens is 272 g/mol. The van der Waals surface area contributed by atoms with Gasteiger partial charge in [0.25, 0.3) is 0 Å². The standard InChI is InChI=1S/C14H20N4O3/c15-6-1-2-7-16-13(19)17-11-4-3-5-12(10-11)18-8-9-21-14(18)20/h3-5,10H,1-2,6-9,15H2,(H2,16,17,19). The van der Waals surface area contributed by atoms with Crippen LogP contribution in [0.2, 0.25) is 0 Å². The third-order valence-corrected chi connectivity index (χ3v) is 3.09. The fraction of sp³-hybridized carbons (Fsp3) is 0.429. The normalized spacial score (nSPS) is 14.0. The minimum absolute atomic E-state index is 0.270. The molecule has 1 aliphatic heterocycles. The third kappa shape index (κ3) is 4.35. The van der Waals surface area contributed by atoms with Gasteiger partial charge in [-0.05, 0) is 37.6 Å². The van der Waals surface area contributed by atoms with Crippen molar-refractivity contribution < 1.29 is 14.3 Å². The molecule has 1 fully saturated rings. The van der Waals surface area contributed by atoms with E-state index in [0.29, 0.717) is 37.6 Å². The highest BCUT2D eigenvalue weighted by Crippen LogP contribution is 2.22. The molecule has 3 amide bonds. The quantitative estimate of drug-likeness (QED) is 0.692. The van der Waals surface area contributed by atoms with E-state index in [1.54, 1.807) is 24.3 Å². The number of amides is 3. The second kappa shape index (κ2) is 7.49. The zero-order valence-corrected chi connectivity index (χ0v) is 11.8. The van der Waals surface area contributed by atoms with Crippen molar-refractivity contribution in [2.75, 3.05) is 36.5 Å². The highest BCUT2D eigenvalue weighted by Gasteiger charge is 2.23. The number of carbonyl (C=O) groups is 2. The smallest absolute Gasteiger partial charge is 0.414 e. The van der Waals surface area contributed by atoms with Gasteiger partial charge in [0, 0.05) is 17.9 Å². The van der Waals surface area contributed by atoms with E-state index < -0.39 is 0 Å². The number of nitrogens with two attached hydrogens (primary N) is 1. The average Bonchev–Trinajstić information content (AvgIpc) is 2.90. The first-order valence-electron chi connectivity index (χ1n) is 7.00. The van der Waals surface area contributed by atoms with Crippen LogP contribution >= 0.6 is 0 Å². The van der Waals surface area contributed by atoms with Gasteiger partial charge in [-0.15, -0.1) is 0 Å². The lowest BCUT2D eigenvalue weighted by Gasteiger charge is -2.14. The molecule has 114 valence electrons. The highest BCUT2D eigenvalue weighted by atomic mass is 16.6. The van der Waals surface area contributed by atoms with E-state index in [2.05, 4.69) is 10.6 Å². The fourth-order valence-corrected chi connectivity index (χ4v) is 2.03. The molecule has 1 aromatic rings. The van der Waals surface area contributed by atoms with Crippen molar-refractivity contribution in [1.82, 2.24) is 5.32 Å². The minimum Gasteiger partial charge on any atom is -0.447 e. The molecule has 1 aliphatic rings. The number of hydrogen-bond donors (Lipinski definition) is 3. The summed E-state index contributed by atoms with van der Waals surface area (Å²) < 4.78 is 4.89. The number of rotatable bonds is 6. The molecule has 0 saturated carbocycles. The third-order valence-electron chi connectivity index (χ3n) is 3.09. The molecule has 1 saturated heterocycles. The van der Waals surface area contributed by atoms with Crippen molar-refractivity contribution >= 4 is 23.5 Å². The predicted octanol–water partition coefficient (Wildman–Crippen LogP) is 1.50. The Morgan fingerprint density at radius 2 is 2.24 bits per heavy atom. The lowest BCUT2D eigenvalue weighted by Crippen LogP contribution is -2.30. The fourth-order valence-electron chi connectivity index (χ4n) is 2.03. The second-order valence-electron chi connectivity index (χ2n) is 4.69. The molecule has 0 aromatic heterocycles. The molecule has 7 nitrogen and oxygen atoms in total. The Morgan fingerprint density at radius 1 is 1.38 bits per heavy atom. The predicted molar refractivity (Wildman–Crippen MR) is 80.4 cm³/mol. The van der Waals surface area contributed by atoms with E-state index in [1.807, 2.05) is 0 Å². The average molecular weight is 292 g/mol. The maximum absolute atomic E-state index is 11.7. The summed E-state index contributed by atoms with van der Waals surface area (Å²) in [7, 11) is 0. The number of hydrogen-bond acceptors (Lipinski definition) is 4. The number of anilines is 2. The van der Waals surface area contributed by atoms with Gasteiger partial charge in [-0.25, -0.2) is 9.59 Å². The maximum atomic E-state index is 11.7. The molecule has 0 aliphatic carbocycles. The largest absolute Gasteiger partial charge is 0.447 e. The second-order valence-corrected chi connectivity index (χ2v) is 4.69. The molecule has 0 spiro atoms. The molecule has 0 atom stereocenters. The number of carbonyl (C=O) groups excluding carboxylic acids is 2. The summed E-state index contributed by atoms with van der Waals surface area (Å²) in [5.41, 5.74) is 6.72. The summed E-state index contributed by atoms with van der Waals surface area (Å²) in [5.74, 6) is 0. The summed E-state index contributed by atoms with van der Waals surface area (Å²) in [6, 6.07) is 6.83. The Balaban J connectivity index is 1.89. The number of urea groups is 1. The van der Waals surface area contributed by atoms with Crippen LogP contribution in [0.4, 0.5) is 21.0 Å². The summed E-state index contributed by atoms with van der Waals surface area (Å²) in [4.78, 5) is 24.8. The van der Waals surface area contributed by atoms with Crippen molar-refractivity contribution in [2.24, 2.45) is 5.73 Å². The first-order chi connectivity index (χ1) is 10.2. The molecule has 0 unspecified atom stereocenters. The van der Waals surface area contributed by atoms with Gasteiger partial charge in [-0.2, -0.15) is 0 Å². The van der Waals surface area contributed by atoms with Crippen LogP contribution in [-0.4, -0.2) is 38.4 Å². The Labute approximate surface area is 123 Å². The maximum Gasteiger partial charge on any atom is 0.414 e. The Kier molecular flexibility index (Phi) is 5.39. The summed E-state index contributed by atoms with van der Waals surface area (Å²) in [5, 5.41) is 5.49. The summed E-state index contributed by atoms with van der Waals surface area (Å²) >= 11 is 0. The molecule has 1 heterocycles. The van der Waals surface area contributed by atoms with Crippen molar-refractivity contribution in [2.45, 2.75) is 12.8 Å². The lowest BCUT2D eigenvalue weighted by molar-refractivity contribution is 0.181. The Bertz CT molecular complexity index is 507. The van der Waals surface area contributed by atoms with E-state index in [1.165, 1.54) is 4.90 Å². The van der Waals surface area contributed by atoms with Crippen molar-refractivity contribution in [3.8, 4) is 0 Å². The molecule has 0 radical (unpaired) electrons. The Morgan fingerprint density at radius 3 is 2.95 bits per heavy atom. The number of unbranched alkanes of at least 4 members (excludes halogenated alkanes) is 1. The number of cyclic esters (lactones) is 1. The van der Waals surface area contributed by atoms with Gasteiger partial charge in [0.15, 0.2) is 0 Å². The van der Waals surface area contributed by atoms with Crippen LogP contribution in [0.1, 0.15) is 12.8 Å². The van der Waals surface area contributed by atoms with E-state index in [4.69, 9.17) is 10.5 Å². The van der Waals surface area contributed by atoms with Gasteiger partial charge in [-0.1, -0.05) is 6.07 Å². The van der Waals surface area contributed by atoms with Crippen LogP contribution in [0.5, 0.6) is 0 Å². The zero-order chi connectivity index (χ0) is 15.1. The van der Waals surface area contributed by atoms with Crippen LogP contribution in [0.3, 0.4) is 0 Å². The topological polar surface area (TPSA) is 96.7 Å². The molecule has 1 aromatic carbocycles. The van der Waals surface area contributed by atoms with E-state index >= 15 is 0 Å². The van der Waals surface area contributed by atoms with Crippen LogP contribution < -0.4 is 21.3 Å². The van der Waals surface area contributed by atoms with Crippen molar-refractivity contribution in [3.63, 3.8) is 0 Å². The first-order valence-corrected chi connectivity index (χ1v) is 7.00. The lowest BCUT2D eigenvalue weighted by atomic mass is 10.2. The summed E-state index contributed by atoms with van der Waals surface area (Å²) in [6.07, 6.45) is 1.37. The number of ether oxygens (including phenoxy) is 1. The first kappa shape index (κ1) is 15.1. The van der Waals surface area contributed by atoms with Gasteiger partial charge in [0.2, 0.25) is 0 Å². The monoisotopic (exact) mass is 292 g/mol. The molecule has 2 rings (SSSR count). The van der Waals surface area contributed by atoms with E-state index in [0.717, 1.165) is 12.8 Å². The van der Waals surface area contributed by atoms with E-state index in [-0.39, 0.29) is 12.1 Å². The molecule has 0 bridgehead atoms. The van der Waals surface area contributed by atoms with Gasteiger partial charge in [0.05, 0.1) is 6.54 Å². The number of benzene rings is 1. The summed E-state index contributed by atoms with van der Waals surface area (Å²) in [6.45, 7) is 2.12. The van der Waals surface area contributed by atoms with Gasteiger partial charge in [-0.3, -0.25) is 4.90 Å².